The summed E-state index contributed by atoms with van der Waals surface area (Å²) in [5.74, 6) is -4.59. The van der Waals surface area contributed by atoms with Gasteiger partial charge in [-0.3, -0.25) is 0 Å². The second kappa shape index (κ2) is 3.42. The first-order valence-electron chi connectivity index (χ1n) is 1.61. The minimum absolute atomic E-state index is 0. The molecule has 0 aromatic carbocycles. The molecule has 0 unspecified atom stereocenters. The molecule has 8 heavy (non-hydrogen) atoms. The molecule has 0 aromatic heterocycles. The van der Waals surface area contributed by atoms with Gasteiger partial charge in [0.15, 0.2) is 0 Å². The Labute approximate surface area is 68.4 Å². The van der Waals surface area contributed by atoms with Gasteiger partial charge in [-0.1, -0.05) is 0 Å². The predicted molar refractivity (Wildman–Crippen MR) is 17.8 cm³/mol. The van der Waals surface area contributed by atoms with Crippen molar-refractivity contribution in [3.63, 3.8) is 0 Å². The van der Waals surface area contributed by atoms with E-state index in [1.54, 1.807) is 0 Å². The first-order chi connectivity index (χ1) is 2.94. The van der Waals surface area contributed by atoms with E-state index < -0.39 is 11.8 Å². The van der Waals surface area contributed by atoms with Crippen LogP contribution >= 0.6 is 0 Å². The van der Waals surface area contributed by atoms with E-state index in [0.717, 1.165) is 0 Å². The fourth-order valence-electron chi connectivity index (χ4n) is 0. The molecular weight excluding hydrogens is 123 g/mol. The summed E-state index contributed by atoms with van der Waals surface area (Å²) in [5, 5.41) is 25.4. The summed E-state index contributed by atoms with van der Waals surface area (Å²) in [7, 11) is 0. The van der Waals surface area contributed by atoms with Gasteiger partial charge in [0.05, 0.1) is 5.97 Å². The number of rotatable bonds is 1. The average molecular weight is 128 g/mol. The van der Waals surface area contributed by atoms with Gasteiger partial charge in [-0.2, -0.15) is 0 Å². The average Bonchev–Trinajstić information content (AvgIpc) is 1.31. The summed E-state index contributed by atoms with van der Waals surface area (Å²) < 4.78 is 0. The Kier molecular flexibility index (Phi) is 4.80. The molecule has 0 heterocycles. The van der Waals surface area contributed by atoms with Crippen LogP contribution in [0.1, 0.15) is 6.92 Å². The molecule has 42 valence electrons. The first kappa shape index (κ1) is 11.2. The minimum atomic E-state index is -2.69. The second-order valence-electron chi connectivity index (χ2n) is 1.31. The molecule has 0 aliphatic heterocycles. The molecule has 0 saturated heterocycles. The zero-order valence-electron chi connectivity index (χ0n) is 4.71. The van der Waals surface area contributed by atoms with E-state index in [1.165, 1.54) is 0 Å². The van der Waals surface area contributed by atoms with Crippen LogP contribution in [0.4, 0.5) is 0 Å². The molecule has 5 heteroatoms. The molecule has 0 saturated carbocycles. The Morgan fingerprint density at radius 2 is 1.75 bits per heavy atom. The number of carbonyl (C=O) groups excluding carboxylic acids is 1. The first-order valence-corrected chi connectivity index (χ1v) is 1.61. The van der Waals surface area contributed by atoms with Crippen molar-refractivity contribution in [1.29, 1.82) is 0 Å². The topological polar surface area (TPSA) is 80.6 Å². The molecule has 0 fully saturated rings. The van der Waals surface area contributed by atoms with Crippen LogP contribution in [0.5, 0.6) is 0 Å². The molecule has 0 rings (SSSR count). The summed E-state index contributed by atoms with van der Waals surface area (Å²) in [6, 6.07) is 0. The molecule has 2 N–H and O–H groups in total. The van der Waals surface area contributed by atoms with Crippen molar-refractivity contribution in [2.45, 2.75) is 12.7 Å². The van der Waals surface area contributed by atoms with Gasteiger partial charge in [0.2, 0.25) is 5.79 Å². The fraction of sp³-hybridized carbons (Fsp3) is 0.667. The molecule has 0 amide bonds. The number of aliphatic carboxylic acids is 1. The molecular formula is C3H5NaO4. The van der Waals surface area contributed by atoms with Crippen LogP contribution in [-0.2, 0) is 4.79 Å². The monoisotopic (exact) mass is 128 g/mol. The Bertz CT molecular complexity index is 83.8. The zero-order chi connectivity index (χ0) is 6.08. The smallest absolute Gasteiger partial charge is 0.544 e. The van der Waals surface area contributed by atoms with E-state index in [0.29, 0.717) is 6.92 Å². The number of carboxylic acids is 1. The van der Waals surface area contributed by atoms with Crippen LogP contribution in [-0.4, -0.2) is 22.0 Å². The van der Waals surface area contributed by atoms with Gasteiger partial charge in [0.25, 0.3) is 0 Å². The number of hydrogen-bond acceptors (Lipinski definition) is 4. The third-order valence-electron chi connectivity index (χ3n) is 0.387. The van der Waals surface area contributed by atoms with Crippen molar-refractivity contribution in [3.05, 3.63) is 0 Å². The van der Waals surface area contributed by atoms with E-state index in [4.69, 9.17) is 10.2 Å². The molecule has 0 aromatic rings. The third-order valence-corrected chi connectivity index (χ3v) is 0.387. The van der Waals surface area contributed by atoms with E-state index in [1.807, 2.05) is 0 Å². The quantitative estimate of drug-likeness (QED) is 0.272. The van der Waals surface area contributed by atoms with Gasteiger partial charge in [-0.15, -0.1) is 0 Å². The summed E-state index contributed by atoms with van der Waals surface area (Å²) in [5.41, 5.74) is 0. The van der Waals surface area contributed by atoms with Crippen LogP contribution in [0.3, 0.4) is 0 Å². The van der Waals surface area contributed by atoms with Crippen molar-refractivity contribution < 1.29 is 49.7 Å². The van der Waals surface area contributed by atoms with Gasteiger partial charge >= 0.3 is 29.6 Å². The standard InChI is InChI=1S/C3H6O4.Na/c1-3(6,7)2(4)5;/h6-7H,1H3,(H,4,5);/q;+1/p-1. The Hall–Kier alpha value is 0.390. The van der Waals surface area contributed by atoms with Crippen LogP contribution < -0.4 is 34.7 Å². The Morgan fingerprint density at radius 3 is 1.75 bits per heavy atom. The third kappa shape index (κ3) is 4.55. The molecule has 0 bridgehead atoms. The van der Waals surface area contributed by atoms with Gasteiger partial charge < -0.3 is 20.1 Å². The van der Waals surface area contributed by atoms with Gasteiger partial charge in [-0.25, -0.2) is 0 Å². The number of aliphatic hydroxyl groups is 2. The minimum Gasteiger partial charge on any atom is -0.544 e. The summed E-state index contributed by atoms with van der Waals surface area (Å²) >= 11 is 0. The van der Waals surface area contributed by atoms with E-state index in [9.17, 15) is 9.90 Å². The molecule has 0 atom stereocenters. The summed E-state index contributed by atoms with van der Waals surface area (Å²) in [4.78, 5) is 9.41. The molecule has 0 aliphatic carbocycles. The maximum atomic E-state index is 9.41. The van der Waals surface area contributed by atoms with Crippen LogP contribution in [0.25, 0.3) is 0 Å². The van der Waals surface area contributed by atoms with Crippen molar-refractivity contribution in [1.82, 2.24) is 0 Å². The fourth-order valence-corrected chi connectivity index (χ4v) is 0. The van der Waals surface area contributed by atoms with E-state index in [2.05, 4.69) is 0 Å². The van der Waals surface area contributed by atoms with E-state index >= 15 is 0 Å². The number of carbonyl (C=O) groups is 1. The van der Waals surface area contributed by atoms with Gasteiger partial charge in [0, 0.05) is 0 Å². The second-order valence-corrected chi connectivity index (χ2v) is 1.31. The molecule has 0 radical (unpaired) electrons. The van der Waals surface area contributed by atoms with Crippen molar-refractivity contribution in [3.8, 4) is 0 Å². The maximum absolute atomic E-state index is 9.41. The zero-order valence-corrected chi connectivity index (χ0v) is 6.71. The molecule has 0 spiro atoms. The SMILES string of the molecule is CC(O)(O)C(=O)[O-].[Na+]. The van der Waals surface area contributed by atoms with Crippen LogP contribution in [0, 0.1) is 0 Å². The van der Waals surface area contributed by atoms with Crippen molar-refractivity contribution in [2.75, 3.05) is 0 Å². The normalized spacial score (nSPS) is 9.88. The van der Waals surface area contributed by atoms with Gasteiger partial charge in [-0.05, 0) is 6.92 Å². The van der Waals surface area contributed by atoms with Crippen molar-refractivity contribution >= 4 is 5.97 Å². The summed E-state index contributed by atoms with van der Waals surface area (Å²) in [6.45, 7) is 0.711. The largest absolute Gasteiger partial charge is 1.00 e. The van der Waals surface area contributed by atoms with Gasteiger partial charge in [0.1, 0.15) is 0 Å². The molecule has 0 aliphatic rings. The van der Waals surface area contributed by atoms with Crippen LogP contribution in [0.15, 0.2) is 0 Å². The van der Waals surface area contributed by atoms with Crippen LogP contribution in [0.2, 0.25) is 0 Å². The van der Waals surface area contributed by atoms with Crippen molar-refractivity contribution in [2.24, 2.45) is 0 Å². The number of hydrogen-bond donors (Lipinski definition) is 2. The molecule has 4 nitrogen and oxygen atoms in total. The Morgan fingerprint density at radius 1 is 1.62 bits per heavy atom. The van der Waals surface area contributed by atoms with E-state index in [-0.39, 0.29) is 29.6 Å². The number of carboxylic acid groups (broad SMARTS) is 1. The summed E-state index contributed by atoms with van der Waals surface area (Å²) in [6.07, 6.45) is 0. The Balaban J connectivity index is 0. The maximum Gasteiger partial charge on any atom is 1.00 e. The predicted octanol–water partition coefficient (Wildman–Crippen LogP) is -5.56.